The molecule has 2 aromatic heterocycles. The number of fused-ring (bicyclic) bond motifs is 3. The van der Waals surface area contributed by atoms with Crippen molar-refractivity contribution in [1.82, 2.24) is 19.9 Å². The number of piperazine rings is 1. The van der Waals surface area contributed by atoms with Crippen molar-refractivity contribution < 1.29 is 37.6 Å². The van der Waals surface area contributed by atoms with Crippen molar-refractivity contribution >= 4 is 45.2 Å². The summed E-state index contributed by atoms with van der Waals surface area (Å²) in [5, 5.41) is 11.2. The summed E-state index contributed by atoms with van der Waals surface area (Å²) in [7, 11) is 0. The van der Waals surface area contributed by atoms with E-state index in [1.807, 2.05) is 4.90 Å². The van der Waals surface area contributed by atoms with Gasteiger partial charge in [0, 0.05) is 36.8 Å². The molecular formula is C34H33ClF2N6O6. The van der Waals surface area contributed by atoms with E-state index in [4.69, 9.17) is 42.1 Å². The van der Waals surface area contributed by atoms with Gasteiger partial charge in [0.15, 0.2) is 11.9 Å². The third-order valence-corrected chi connectivity index (χ3v) is 9.15. The molecule has 12 nitrogen and oxygen atoms in total. The summed E-state index contributed by atoms with van der Waals surface area (Å²) in [4.78, 5) is 33.6. The molecule has 256 valence electrons. The Morgan fingerprint density at radius 2 is 1.94 bits per heavy atom. The maximum atomic E-state index is 16.8. The van der Waals surface area contributed by atoms with Gasteiger partial charge in [0.25, 0.3) is 0 Å². The number of carbonyl (C=O) groups excluding carboxylic acids is 1. The first kappa shape index (κ1) is 33.1. The second kappa shape index (κ2) is 12.8. The van der Waals surface area contributed by atoms with Gasteiger partial charge in [-0.15, -0.1) is 0 Å². The monoisotopic (exact) mass is 694 g/mol. The molecule has 3 fully saturated rings. The minimum Gasteiger partial charge on any atom is -0.455 e. The van der Waals surface area contributed by atoms with E-state index >= 15 is 4.39 Å². The van der Waals surface area contributed by atoms with E-state index in [2.05, 4.69) is 14.8 Å². The summed E-state index contributed by atoms with van der Waals surface area (Å²) in [6, 6.07) is 7.12. The van der Waals surface area contributed by atoms with E-state index in [9.17, 15) is 14.3 Å². The van der Waals surface area contributed by atoms with E-state index in [-0.39, 0.29) is 78.4 Å². The molecule has 0 radical (unpaired) electrons. The lowest BCUT2D eigenvalue weighted by atomic mass is 10.0. The highest BCUT2D eigenvalue weighted by molar-refractivity contribution is 6.36. The number of aromatic nitrogens is 3. The third-order valence-electron chi connectivity index (χ3n) is 8.78. The number of anilines is 1. The Bertz CT molecular complexity index is 1990. The van der Waals surface area contributed by atoms with Gasteiger partial charge in [-0.3, -0.25) is 9.88 Å². The summed E-state index contributed by atoms with van der Waals surface area (Å²) in [5.74, 6) is -1.18. The molecule has 49 heavy (non-hydrogen) atoms. The van der Waals surface area contributed by atoms with Gasteiger partial charge in [-0.25, -0.2) is 20.1 Å². The van der Waals surface area contributed by atoms with E-state index < -0.39 is 53.8 Å². The van der Waals surface area contributed by atoms with Gasteiger partial charge in [-0.1, -0.05) is 35.9 Å². The third kappa shape index (κ3) is 6.16. The van der Waals surface area contributed by atoms with Gasteiger partial charge in [-0.2, -0.15) is 9.97 Å². The first-order valence-electron chi connectivity index (χ1n) is 15.8. The minimum absolute atomic E-state index is 0.000573. The maximum absolute atomic E-state index is 16.8. The summed E-state index contributed by atoms with van der Waals surface area (Å²) < 4.78 is 54.6. The zero-order valence-electron chi connectivity index (χ0n) is 26.9. The molecular weight excluding hydrogens is 662 g/mol. The molecule has 3 aliphatic rings. The fraction of sp³-hybridized carbons (Fsp3) is 0.441. The first-order valence-corrected chi connectivity index (χ1v) is 16.2. The smallest absolute Gasteiger partial charge is 0.410 e. The van der Waals surface area contributed by atoms with Crippen LogP contribution >= 0.6 is 11.6 Å². The first-order chi connectivity index (χ1) is 23.4. The topological polar surface area (TPSA) is 124 Å². The lowest BCUT2D eigenvalue weighted by Crippen LogP contribution is -2.57. The molecule has 3 aliphatic heterocycles. The molecule has 7 rings (SSSR count). The lowest BCUT2D eigenvalue weighted by Gasteiger charge is -2.40. The predicted octanol–water partition coefficient (Wildman–Crippen LogP) is 5.03. The molecule has 3 saturated heterocycles. The maximum Gasteiger partial charge on any atom is 0.410 e. The van der Waals surface area contributed by atoms with Crippen LogP contribution in [-0.2, 0) is 14.2 Å². The number of rotatable bonds is 5. The lowest BCUT2D eigenvalue weighted by molar-refractivity contribution is 0.00685. The van der Waals surface area contributed by atoms with Crippen LogP contribution in [0.3, 0.4) is 0 Å². The van der Waals surface area contributed by atoms with Crippen molar-refractivity contribution in [2.45, 2.75) is 56.8 Å². The molecule has 2 aromatic carbocycles. The normalized spacial score (nSPS) is 23.9. The Hall–Kier alpha value is -4.42. The number of benzene rings is 2. The Morgan fingerprint density at radius 3 is 2.71 bits per heavy atom. The summed E-state index contributed by atoms with van der Waals surface area (Å²) in [6.45, 7) is 13.7. The molecule has 4 aromatic rings. The van der Waals surface area contributed by atoms with Crippen molar-refractivity contribution in [3.05, 3.63) is 64.6 Å². The minimum atomic E-state index is -0.809. The van der Waals surface area contributed by atoms with Gasteiger partial charge >= 0.3 is 12.1 Å². The molecule has 1 amide bonds. The Balaban J connectivity index is 1.32. The van der Waals surface area contributed by atoms with Crippen molar-refractivity contribution in [3.63, 3.8) is 0 Å². The Morgan fingerprint density at radius 1 is 1.14 bits per heavy atom. The van der Waals surface area contributed by atoms with Crippen LogP contribution in [-0.4, -0.2) is 107 Å². The van der Waals surface area contributed by atoms with Gasteiger partial charge in [0.2, 0.25) is 6.54 Å². The number of aliphatic hydroxyl groups is 1. The van der Waals surface area contributed by atoms with E-state index in [0.717, 1.165) is 0 Å². The summed E-state index contributed by atoms with van der Waals surface area (Å²) in [6.07, 6.45) is -1.75. The molecule has 0 bridgehead atoms. The highest BCUT2D eigenvalue weighted by Gasteiger charge is 2.49. The molecule has 1 N–H and O–H groups in total. The number of aliphatic hydroxyl groups excluding tert-OH is 1. The van der Waals surface area contributed by atoms with E-state index in [1.165, 1.54) is 17.2 Å². The predicted molar refractivity (Wildman–Crippen MR) is 176 cm³/mol. The molecule has 0 saturated carbocycles. The van der Waals surface area contributed by atoms with Gasteiger partial charge in [0.1, 0.15) is 52.8 Å². The SMILES string of the molecule is [C-]#[N+]C[C@H]1CN(c2nc(O[C@@H]3CO[C@H]4[C@@H]3OC[C@H]4O)nc3c(F)c(-c4cccc5ccc(F)c(Cl)c45)ncc23)CCN1C(=O)OC(C)(C)C. The van der Waals surface area contributed by atoms with E-state index in [0.29, 0.717) is 10.8 Å². The van der Waals surface area contributed by atoms with Crippen molar-refractivity contribution in [1.29, 1.82) is 0 Å². The second-order valence-electron chi connectivity index (χ2n) is 13.2. The quantitative estimate of drug-likeness (QED) is 0.285. The number of amides is 1. The molecule has 0 spiro atoms. The van der Waals surface area contributed by atoms with E-state index in [1.54, 1.807) is 45.0 Å². The molecule has 0 aliphatic carbocycles. The number of nitrogens with zero attached hydrogens (tertiary/aromatic N) is 6. The number of carbonyl (C=O) groups is 1. The van der Waals surface area contributed by atoms with Crippen molar-refractivity contribution in [3.8, 4) is 17.3 Å². The zero-order valence-corrected chi connectivity index (χ0v) is 27.7. The van der Waals surface area contributed by atoms with Gasteiger partial charge in [0.05, 0.1) is 23.6 Å². The number of hydrogen-bond donors (Lipinski definition) is 1. The Kier molecular flexibility index (Phi) is 8.64. The van der Waals surface area contributed by atoms with Crippen LogP contribution in [0.4, 0.5) is 19.4 Å². The second-order valence-corrected chi connectivity index (χ2v) is 13.6. The van der Waals surface area contributed by atoms with Crippen molar-refractivity contribution in [2.24, 2.45) is 0 Å². The summed E-state index contributed by atoms with van der Waals surface area (Å²) >= 11 is 6.39. The van der Waals surface area contributed by atoms with Crippen LogP contribution in [0.15, 0.2) is 36.5 Å². The largest absolute Gasteiger partial charge is 0.455 e. The van der Waals surface area contributed by atoms with Gasteiger partial charge < -0.3 is 33.8 Å². The number of pyridine rings is 1. The number of halogens is 3. The van der Waals surface area contributed by atoms with Crippen LogP contribution in [0, 0.1) is 18.2 Å². The highest BCUT2D eigenvalue weighted by Crippen LogP contribution is 2.39. The fourth-order valence-electron chi connectivity index (χ4n) is 6.56. The molecule has 0 unspecified atom stereocenters. The van der Waals surface area contributed by atoms with Crippen LogP contribution in [0.25, 0.3) is 37.8 Å². The fourth-order valence-corrected chi connectivity index (χ4v) is 6.83. The van der Waals surface area contributed by atoms with Crippen molar-refractivity contribution in [2.75, 3.05) is 44.3 Å². The molecule has 15 heteroatoms. The zero-order chi connectivity index (χ0) is 34.6. The molecule has 5 heterocycles. The summed E-state index contributed by atoms with van der Waals surface area (Å²) in [5.41, 5.74) is -0.677. The number of hydrogen-bond acceptors (Lipinski definition) is 10. The van der Waals surface area contributed by atoms with Crippen LogP contribution in [0.1, 0.15) is 20.8 Å². The Labute approximate surface area is 285 Å². The van der Waals surface area contributed by atoms with Crippen LogP contribution in [0.5, 0.6) is 6.01 Å². The van der Waals surface area contributed by atoms with Crippen LogP contribution in [0.2, 0.25) is 5.02 Å². The van der Waals surface area contributed by atoms with Crippen LogP contribution < -0.4 is 9.64 Å². The standard InChI is InChI=1S/C34H33ClF2N6O6/c1-34(2,3)49-33(45)43-11-10-42(14-18(43)12-38-4)31-20-13-39-27(19-7-5-6-17-8-9-21(36)25(35)24(17)19)26(37)28(20)40-32(41-31)48-23-16-47-29-22(44)15-46-30(23)29/h5-9,13,18,22-23,29-30,44H,10-12,14-16H2,1-3H3/t18-,22+,23+,29+,30+/m0/s1. The average Bonchev–Trinajstić information content (AvgIpc) is 3.64. The van der Waals surface area contributed by atoms with Gasteiger partial charge in [-0.05, 0) is 32.2 Å². The highest BCUT2D eigenvalue weighted by atomic mass is 35.5. The number of ether oxygens (including phenoxy) is 4. The average molecular weight is 695 g/mol. The molecule has 5 atom stereocenters.